The van der Waals surface area contributed by atoms with Crippen LogP contribution in [-0.2, 0) is 4.74 Å². The van der Waals surface area contributed by atoms with E-state index in [4.69, 9.17) is 10.5 Å². The van der Waals surface area contributed by atoms with Gasteiger partial charge in [0.25, 0.3) is 0 Å². The van der Waals surface area contributed by atoms with Gasteiger partial charge in [0.2, 0.25) is 0 Å². The first-order chi connectivity index (χ1) is 6.44. The molecule has 2 N–H and O–H groups in total. The molecule has 0 radical (unpaired) electrons. The summed E-state index contributed by atoms with van der Waals surface area (Å²) in [7, 11) is 0. The number of nitrogens with two attached hydrogens (primary N) is 1. The molecule has 14 heavy (non-hydrogen) atoms. The molecule has 0 fully saturated rings. The number of hydrogen-bond donors (Lipinski definition) is 1. The van der Waals surface area contributed by atoms with E-state index in [-0.39, 0.29) is 5.54 Å². The van der Waals surface area contributed by atoms with Crippen molar-refractivity contribution < 1.29 is 4.74 Å². The van der Waals surface area contributed by atoms with E-state index in [1.165, 1.54) is 0 Å². The molecule has 0 atom stereocenters. The molecule has 0 aliphatic rings. The summed E-state index contributed by atoms with van der Waals surface area (Å²) in [5.74, 6) is 0. The zero-order valence-electron chi connectivity index (χ0n) is 10.3. The van der Waals surface area contributed by atoms with Gasteiger partial charge in [0.05, 0.1) is 12.7 Å². The standard InChI is InChI=1S/C11H26N2O/c1-6-13(11(4,5)9-12)7-8-14-10(2)3/h10H,6-9,12H2,1-5H3. The lowest BCUT2D eigenvalue weighted by Gasteiger charge is -2.37. The normalized spacial score (nSPS) is 12.9. The van der Waals surface area contributed by atoms with Crippen LogP contribution in [0.2, 0.25) is 0 Å². The third kappa shape index (κ3) is 4.94. The highest BCUT2D eigenvalue weighted by molar-refractivity contribution is 4.81. The smallest absolute Gasteiger partial charge is 0.0597 e. The lowest BCUT2D eigenvalue weighted by atomic mass is 10.0. The fraction of sp³-hybridized carbons (Fsp3) is 1.00. The van der Waals surface area contributed by atoms with E-state index in [1.54, 1.807) is 0 Å². The molecular weight excluding hydrogens is 176 g/mol. The van der Waals surface area contributed by atoms with Gasteiger partial charge in [0.1, 0.15) is 0 Å². The zero-order chi connectivity index (χ0) is 11.2. The molecule has 0 aliphatic heterocycles. The second-order valence-electron chi connectivity index (χ2n) is 4.52. The third-order valence-corrected chi connectivity index (χ3v) is 2.55. The third-order valence-electron chi connectivity index (χ3n) is 2.55. The zero-order valence-corrected chi connectivity index (χ0v) is 10.3. The SMILES string of the molecule is CCN(CCOC(C)C)C(C)(C)CN. The van der Waals surface area contributed by atoms with Crippen LogP contribution in [0.25, 0.3) is 0 Å². The molecule has 0 bridgehead atoms. The second-order valence-corrected chi connectivity index (χ2v) is 4.52. The van der Waals surface area contributed by atoms with E-state index >= 15 is 0 Å². The lowest BCUT2D eigenvalue weighted by molar-refractivity contribution is 0.0350. The van der Waals surface area contributed by atoms with Gasteiger partial charge in [-0.3, -0.25) is 4.90 Å². The van der Waals surface area contributed by atoms with Crippen LogP contribution in [0.1, 0.15) is 34.6 Å². The predicted octanol–water partition coefficient (Wildman–Crippen LogP) is 1.47. The average Bonchev–Trinajstić information content (AvgIpc) is 2.11. The van der Waals surface area contributed by atoms with Crippen molar-refractivity contribution in [1.29, 1.82) is 0 Å². The van der Waals surface area contributed by atoms with Crippen molar-refractivity contribution in [3.8, 4) is 0 Å². The average molecular weight is 202 g/mol. The van der Waals surface area contributed by atoms with Gasteiger partial charge >= 0.3 is 0 Å². The summed E-state index contributed by atoms with van der Waals surface area (Å²) in [4.78, 5) is 2.36. The molecule has 0 saturated carbocycles. The van der Waals surface area contributed by atoms with Crippen molar-refractivity contribution in [3.63, 3.8) is 0 Å². The van der Waals surface area contributed by atoms with Crippen LogP contribution in [0.5, 0.6) is 0 Å². The highest BCUT2D eigenvalue weighted by Crippen LogP contribution is 2.11. The van der Waals surface area contributed by atoms with E-state index < -0.39 is 0 Å². The molecule has 0 spiro atoms. The molecule has 0 aliphatic carbocycles. The fourth-order valence-corrected chi connectivity index (χ4v) is 1.42. The molecule has 3 heteroatoms. The topological polar surface area (TPSA) is 38.5 Å². The van der Waals surface area contributed by atoms with E-state index in [9.17, 15) is 0 Å². The molecule has 0 aromatic carbocycles. The quantitative estimate of drug-likeness (QED) is 0.679. The van der Waals surface area contributed by atoms with Gasteiger partial charge in [-0.2, -0.15) is 0 Å². The first kappa shape index (κ1) is 13.9. The highest BCUT2D eigenvalue weighted by atomic mass is 16.5. The minimum absolute atomic E-state index is 0.0785. The van der Waals surface area contributed by atoms with Crippen LogP contribution < -0.4 is 5.73 Å². The molecule has 0 rings (SSSR count). The monoisotopic (exact) mass is 202 g/mol. The van der Waals surface area contributed by atoms with E-state index in [0.29, 0.717) is 12.6 Å². The van der Waals surface area contributed by atoms with Crippen molar-refractivity contribution in [2.45, 2.75) is 46.3 Å². The summed E-state index contributed by atoms with van der Waals surface area (Å²) in [5, 5.41) is 0. The Labute approximate surface area is 88.6 Å². The number of rotatable bonds is 7. The fourth-order valence-electron chi connectivity index (χ4n) is 1.42. The van der Waals surface area contributed by atoms with Gasteiger partial charge in [-0.25, -0.2) is 0 Å². The Balaban J connectivity index is 3.91. The van der Waals surface area contributed by atoms with Crippen molar-refractivity contribution in [2.24, 2.45) is 5.73 Å². The Morgan fingerprint density at radius 3 is 2.29 bits per heavy atom. The molecule has 0 aromatic heterocycles. The Morgan fingerprint density at radius 2 is 1.93 bits per heavy atom. The molecule has 0 amide bonds. The number of nitrogens with zero attached hydrogens (tertiary/aromatic N) is 1. The minimum atomic E-state index is 0.0785. The summed E-state index contributed by atoms with van der Waals surface area (Å²) in [6, 6.07) is 0. The summed E-state index contributed by atoms with van der Waals surface area (Å²) in [5.41, 5.74) is 5.81. The molecule has 86 valence electrons. The van der Waals surface area contributed by atoms with E-state index in [2.05, 4.69) is 39.5 Å². The van der Waals surface area contributed by atoms with Crippen molar-refractivity contribution in [3.05, 3.63) is 0 Å². The number of ether oxygens (including phenoxy) is 1. The van der Waals surface area contributed by atoms with Gasteiger partial charge in [-0.15, -0.1) is 0 Å². The van der Waals surface area contributed by atoms with Gasteiger partial charge < -0.3 is 10.5 Å². The summed E-state index contributed by atoms with van der Waals surface area (Å²) in [6.45, 7) is 14.1. The molecule has 3 nitrogen and oxygen atoms in total. The maximum absolute atomic E-state index is 5.73. The molecular formula is C11H26N2O. The van der Waals surface area contributed by atoms with Crippen molar-refractivity contribution in [1.82, 2.24) is 4.90 Å². The van der Waals surface area contributed by atoms with Crippen molar-refractivity contribution >= 4 is 0 Å². The van der Waals surface area contributed by atoms with E-state index in [1.807, 2.05) is 0 Å². The summed E-state index contributed by atoms with van der Waals surface area (Å²) < 4.78 is 5.53. The lowest BCUT2D eigenvalue weighted by Crippen LogP contribution is -2.50. The van der Waals surface area contributed by atoms with Crippen LogP contribution >= 0.6 is 0 Å². The Morgan fingerprint density at radius 1 is 1.36 bits per heavy atom. The number of likely N-dealkylation sites (N-methyl/N-ethyl adjacent to an activating group) is 1. The first-order valence-electron chi connectivity index (χ1n) is 5.50. The molecule has 0 saturated heterocycles. The maximum Gasteiger partial charge on any atom is 0.0597 e. The van der Waals surface area contributed by atoms with Gasteiger partial charge in [-0.05, 0) is 34.2 Å². The number of hydrogen-bond acceptors (Lipinski definition) is 3. The van der Waals surface area contributed by atoms with Crippen LogP contribution in [0.4, 0.5) is 0 Å². The van der Waals surface area contributed by atoms with Crippen LogP contribution in [-0.4, -0.2) is 42.8 Å². The Bertz CT molecular complexity index is 146. The maximum atomic E-state index is 5.73. The summed E-state index contributed by atoms with van der Waals surface area (Å²) >= 11 is 0. The molecule has 0 aromatic rings. The minimum Gasteiger partial charge on any atom is -0.377 e. The van der Waals surface area contributed by atoms with E-state index in [0.717, 1.165) is 19.7 Å². The second kappa shape index (κ2) is 6.38. The van der Waals surface area contributed by atoms with Crippen LogP contribution in [0, 0.1) is 0 Å². The van der Waals surface area contributed by atoms with Crippen LogP contribution in [0.15, 0.2) is 0 Å². The first-order valence-corrected chi connectivity index (χ1v) is 5.50. The Kier molecular flexibility index (Phi) is 6.33. The van der Waals surface area contributed by atoms with Crippen LogP contribution in [0.3, 0.4) is 0 Å². The van der Waals surface area contributed by atoms with Crippen molar-refractivity contribution in [2.75, 3.05) is 26.2 Å². The Hall–Kier alpha value is -0.120. The molecule has 0 heterocycles. The molecule has 0 unspecified atom stereocenters. The highest BCUT2D eigenvalue weighted by Gasteiger charge is 2.23. The summed E-state index contributed by atoms with van der Waals surface area (Å²) in [6.07, 6.45) is 0.315. The van der Waals surface area contributed by atoms with Gasteiger partial charge in [0, 0.05) is 18.6 Å². The predicted molar refractivity (Wildman–Crippen MR) is 61.5 cm³/mol. The largest absolute Gasteiger partial charge is 0.377 e. The van der Waals surface area contributed by atoms with Gasteiger partial charge in [-0.1, -0.05) is 6.92 Å². The van der Waals surface area contributed by atoms with Gasteiger partial charge in [0.15, 0.2) is 0 Å².